The number of amides is 1. The Balaban J connectivity index is 2.87. The third-order valence-corrected chi connectivity index (χ3v) is 1.95. The molecule has 0 heterocycles. The van der Waals surface area contributed by atoms with Gasteiger partial charge in [-0.3, -0.25) is 4.79 Å². The fraction of sp³-hybridized carbons (Fsp3) is 0.364. The summed E-state index contributed by atoms with van der Waals surface area (Å²) in [7, 11) is 0. The predicted molar refractivity (Wildman–Crippen MR) is 60.6 cm³/mol. The molecule has 1 aromatic carbocycles. The van der Waals surface area contributed by atoms with E-state index in [2.05, 4.69) is 5.32 Å². The summed E-state index contributed by atoms with van der Waals surface area (Å²) in [4.78, 5) is 11.6. The summed E-state index contributed by atoms with van der Waals surface area (Å²) in [5.41, 5.74) is 5.82. The second-order valence-corrected chi connectivity index (χ2v) is 4.48. The lowest BCUT2D eigenvalue weighted by molar-refractivity contribution is -0.123. The van der Waals surface area contributed by atoms with Crippen molar-refractivity contribution in [1.82, 2.24) is 0 Å². The fourth-order valence-corrected chi connectivity index (χ4v) is 0.964. The molecule has 0 saturated heterocycles. The van der Waals surface area contributed by atoms with E-state index >= 15 is 0 Å². The van der Waals surface area contributed by atoms with Crippen LogP contribution in [0.1, 0.15) is 20.8 Å². The van der Waals surface area contributed by atoms with E-state index in [1.165, 1.54) is 6.07 Å². The van der Waals surface area contributed by atoms with Gasteiger partial charge in [0.1, 0.15) is 5.75 Å². The Bertz CT molecular complexity index is 381. The molecular formula is C11H16N2O2. The number of carbonyl (C=O) groups excluding carboxylic acids is 1. The minimum absolute atomic E-state index is 0.0207. The number of anilines is 2. The third kappa shape index (κ3) is 2.87. The molecule has 0 radical (unpaired) electrons. The van der Waals surface area contributed by atoms with Crippen LogP contribution in [0.25, 0.3) is 0 Å². The molecule has 0 aliphatic rings. The maximum Gasteiger partial charge on any atom is 0.229 e. The number of phenolic OH excluding ortho intramolecular Hbond substituents is 1. The second kappa shape index (κ2) is 3.81. The number of hydrogen-bond acceptors (Lipinski definition) is 3. The number of aromatic hydroxyl groups is 1. The molecule has 4 heteroatoms. The highest BCUT2D eigenvalue weighted by Gasteiger charge is 2.21. The van der Waals surface area contributed by atoms with Gasteiger partial charge in [0.15, 0.2) is 0 Å². The standard InChI is InChI=1S/C11H16N2O2/c1-11(2,3)10(15)13-8-5-4-7(12)6-9(8)14/h4-6,14H,12H2,1-3H3,(H,13,15). The Morgan fingerprint density at radius 2 is 2.00 bits per heavy atom. The van der Waals surface area contributed by atoms with Gasteiger partial charge in [0.25, 0.3) is 0 Å². The van der Waals surface area contributed by atoms with Crippen LogP contribution in [-0.4, -0.2) is 11.0 Å². The van der Waals surface area contributed by atoms with Crippen LogP contribution in [0.15, 0.2) is 18.2 Å². The van der Waals surface area contributed by atoms with Crippen LogP contribution in [-0.2, 0) is 4.79 Å². The number of benzene rings is 1. The van der Waals surface area contributed by atoms with Crippen molar-refractivity contribution in [3.63, 3.8) is 0 Å². The molecule has 15 heavy (non-hydrogen) atoms. The van der Waals surface area contributed by atoms with Crippen LogP contribution < -0.4 is 11.1 Å². The van der Waals surface area contributed by atoms with Crippen molar-refractivity contribution in [2.24, 2.45) is 5.41 Å². The SMILES string of the molecule is CC(C)(C)C(=O)Nc1ccc(N)cc1O. The highest BCUT2D eigenvalue weighted by Crippen LogP contribution is 2.27. The van der Waals surface area contributed by atoms with Crippen LogP contribution in [0.2, 0.25) is 0 Å². The number of nitrogens with two attached hydrogens (primary N) is 1. The van der Waals surface area contributed by atoms with Crippen molar-refractivity contribution >= 4 is 17.3 Å². The Morgan fingerprint density at radius 1 is 1.40 bits per heavy atom. The van der Waals surface area contributed by atoms with E-state index < -0.39 is 5.41 Å². The first-order chi connectivity index (χ1) is 6.80. The smallest absolute Gasteiger partial charge is 0.229 e. The lowest BCUT2D eigenvalue weighted by atomic mass is 9.95. The molecule has 1 amide bonds. The molecule has 0 unspecified atom stereocenters. The van der Waals surface area contributed by atoms with Crippen molar-refractivity contribution in [2.45, 2.75) is 20.8 Å². The monoisotopic (exact) mass is 208 g/mol. The van der Waals surface area contributed by atoms with Gasteiger partial charge in [-0.1, -0.05) is 20.8 Å². The minimum Gasteiger partial charge on any atom is -0.506 e. The van der Waals surface area contributed by atoms with E-state index in [0.29, 0.717) is 11.4 Å². The lowest BCUT2D eigenvalue weighted by Gasteiger charge is -2.18. The van der Waals surface area contributed by atoms with Gasteiger partial charge in [-0.15, -0.1) is 0 Å². The molecule has 0 bridgehead atoms. The molecule has 0 aromatic heterocycles. The first-order valence-electron chi connectivity index (χ1n) is 4.70. The molecule has 4 N–H and O–H groups in total. The Morgan fingerprint density at radius 3 is 2.47 bits per heavy atom. The molecule has 0 fully saturated rings. The van der Waals surface area contributed by atoms with Crippen LogP contribution in [0, 0.1) is 5.41 Å². The van der Waals surface area contributed by atoms with E-state index in [-0.39, 0.29) is 11.7 Å². The largest absolute Gasteiger partial charge is 0.506 e. The number of hydrogen-bond donors (Lipinski definition) is 3. The zero-order valence-corrected chi connectivity index (χ0v) is 9.16. The van der Waals surface area contributed by atoms with E-state index in [9.17, 15) is 9.90 Å². The van der Waals surface area contributed by atoms with Crippen molar-refractivity contribution in [1.29, 1.82) is 0 Å². The molecular weight excluding hydrogens is 192 g/mol. The predicted octanol–water partition coefficient (Wildman–Crippen LogP) is 1.96. The topological polar surface area (TPSA) is 75.4 Å². The van der Waals surface area contributed by atoms with Crippen LogP contribution in [0.3, 0.4) is 0 Å². The number of carbonyl (C=O) groups is 1. The van der Waals surface area contributed by atoms with E-state index in [1.807, 2.05) is 0 Å². The molecule has 0 spiro atoms. The van der Waals surface area contributed by atoms with Gasteiger partial charge < -0.3 is 16.2 Å². The van der Waals surface area contributed by atoms with Gasteiger partial charge in [0.05, 0.1) is 5.69 Å². The average molecular weight is 208 g/mol. The summed E-state index contributed by atoms with van der Waals surface area (Å²) >= 11 is 0. The van der Waals surface area contributed by atoms with Crippen LogP contribution in [0.4, 0.5) is 11.4 Å². The van der Waals surface area contributed by atoms with Gasteiger partial charge >= 0.3 is 0 Å². The molecule has 0 saturated carbocycles. The van der Waals surface area contributed by atoms with Gasteiger partial charge in [-0.05, 0) is 12.1 Å². The third-order valence-electron chi connectivity index (χ3n) is 1.95. The summed E-state index contributed by atoms with van der Waals surface area (Å²) in [6, 6.07) is 4.60. The van der Waals surface area contributed by atoms with Crippen molar-refractivity contribution in [3.8, 4) is 5.75 Å². The summed E-state index contributed by atoms with van der Waals surface area (Å²) in [6.07, 6.45) is 0. The molecule has 1 aromatic rings. The van der Waals surface area contributed by atoms with Gasteiger partial charge in [-0.25, -0.2) is 0 Å². The quantitative estimate of drug-likeness (QED) is 0.487. The number of rotatable bonds is 1. The number of nitrogen functional groups attached to an aromatic ring is 1. The summed E-state index contributed by atoms with van der Waals surface area (Å²) in [5, 5.41) is 12.1. The highest BCUT2D eigenvalue weighted by atomic mass is 16.3. The zero-order valence-electron chi connectivity index (χ0n) is 9.16. The van der Waals surface area contributed by atoms with E-state index in [4.69, 9.17) is 5.73 Å². The Labute approximate surface area is 89.1 Å². The van der Waals surface area contributed by atoms with Crippen molar-refractivity contribution < 1.29 is 9.90 Å². The Kier molecular flexibility index (Phi) is 2.88. The normalized spacial score (nSPS) is 11.1. The summed E-state index contributed by atoms with van der Waals surface area (Å²) in [5.74, 6) is -0.171. The first kappa shape index (κ1) is 11.4. The van der Waals surface area contributed by atoms with Crippen LogP contribution in [0.5, 0.6) is 5.75 Å². The molecule has 0 aliphatic heterocycles. The van der Waals surface area contributed by atoms with Crippen LogP contribution >= 0.6 is 0 Å². The molecule has 4 nitrogen and oxygen atoms in total. The first-order valence-corrected chi connectivity index (χ1v) is 4.70. The minimum atomic E-state index is -0.492. The molecule has 82 valence electrons. The van der Waals surface area contributed by atoms with Crippen molar-refractivity contribution in [3.05, 3.63) is 18.2 Å². The molecule has 0 atom stereocenters. The fourth-order valence-electron chi connectivity index (χ4n) is 0.964. The lowest BCUT2D eigenvalue weighted by Crippen LogP contribution is -2.27. The molecule has 0 aliphatic carbocycles. The summed E-state index contributed by atoms with van der Waals surface area (Å²) < 4.78 is 0. The van der Waals surface area contributed by atoms with Gasteiger partial charge in [0.2, 0.25) is 5.91 Å². The van der Waals surface area contributed by atoms with E-state index in [1.54, 1.807) is 32.9 Å². The van der Waals surface area contributed by atoms with Crippen molar-refractivity contribution in [2.75, 3.05) is 11.1 Å². The maximum atomic E-state index is 11.6. The summed E-state index contributed by atoms with van der Waals surface area (Å²) in [6.45, 7) is 5.41. The maximum absolute atomic E-state index is 11.6. The highest BCUT2D eigenvalue weighted by molar-refractivity contribution is 5.95. The average Bonchev–Trinajstić information content (AvgIpc) is 2.08. The van der Waals surface area contributed by atoms with Gasteiger partial charge in [-0.2, -0.15) is 0 Å². The van der Waals surface area contributed by atoms with Gasteiger partial charge in [0, 0.05) is 17.2 Å². The van der Waals surface area contributed by atoms with E-state index in [0.717, 1.165) is 0 Å². The number of nitrogens with one attached hydrogen (secondary N) is 1. The second-order valence-electron chi connectivity index (χ2n) is 4.48. The molecule has 1 rings (SSSR count). The zero-order chi connectivity index (χ0) is 11.6. The number of phenols is 1. The Hall–Kier alpha value is -1.71.